The molecule has 0 unspecified atom stereocenters. The molecule has 18 heteroatoms. The van der Waals surface area contributed by atoms with Gasteiger partial charge in [-0.05, 0) is 31.7 Å². The van der Waals surface area contributed by atoms with Crippen LogP contribution in [0.1, 0.15) is 52.5 Å². The van der Waals surface area contributed by atoms with Crippen LogP contribution in [0.4, 0.5) is 0 Å². The van der Waals surface area contributed by atoms with Crippen molar-refractivity contribution in [2.45, 2.75) is 95.7 Å². The number of carbonyl (C=O) groups is 8. The van der Waals surface area contributed by atoms with Gasteiger partial charge < -0.3 is 52.7 Å². The van der Waals surface area contributed by atoms with Crippen molar-refractivity contribution in [2.75, 3.05) is 0 Å². The van der Waals surface area contributed by atoms with E-state index in [0.29, 0.717) is 5.56 Å². The molecule has 0 saturated carbocycles. The first-order valence-electron chi connectivity index (χ1n) is 15.0. The van der Waals surface area contributed by atoms with Crippen LogP contribution in [0.5, 0.6) is 0 Å². The first-order valence-corrected chi connectivity index (χ1v) is 15.0. The number of aliphatic carboxylic acids is 3. The Morgan fingerprint density at radius 2 is 1.15 bits per heavy atom. The highest BCUT2D eigenvalue weighted by atomic mass is 16.4. The van der Waals surface area contributed by atoms with Crippen molar-refractivity contribution in [3.8, 4) is 0 Å². The second kappa shape index (κ2) is 19.5. The predicted molar refractivity (Wildman–Crippen MR) is 167 cm³/mol. The van der Waals surface area contributed by atoms with E-state index in [-0.39, 0.29) is 18.8 Å². The molecule has 0 spiro atoms. The molecule has 1 rings (SSSR count). The lowest BCUT2D eigenvalue weighted by atomic mass is 10.0. The maximum atomic E-state index is 13.3. The van der Waals surface area contributed by atoms with Crippen molar-refractivity contribution in [3.05, 3.63) is 35.9 Å². The molecule has 266 valence electrons. The van der Waals surface area contributed by atoms with Gasteiger partial charge in [0.05, 0.1) is 25.0 Å². The summed E-state index contributed by atoms with van der Waals surface area (Å²) in [6.45, 7) is 5.88. The highest BCUT2D eigenvalue weighted by Crippen LogP contribution is 2.09. The third-order valence-corrected chi connectivity index (χ3v) is 6.80. The fraction of sp³-hybridized carbons (Fsp3) is 0.533. The molecule has 0 radical (unpaired) electrons. The molecule has 0 aliphatic rings. The summed E-state index contributed by atoms with van der Waals surface area (Å²) in [5.41, 5.74) is 6.11. The predicted octanol–water partition coefficient (Wildman–Crippen LogP) is -2.54. The molecule has 0 saturated heterocycles. The van der Waals surface area contributed by atoms with Crippen LogP contribution < -0.4 is 32.3 Å². The van der Waals surface area contributed by atoms with E-state index in [1.165, 1.54) is 13.8 Å². The SMILES string of the molecule is CC(C)C[C@H](NC(=O)[C@H](CC(=O)O)NC(=O)[C@@H](N)CC(=O)O)C(=O)N[C@@H](C)C(=O)N[C@@H](Cc1ccccc1)C(=O)N[C@H](C(=O)O)[C@@H](C)O. The fourth-order valence-corrected chi connectivity index (χ4v) is 4.30. The maximum absolute atomic E-state index is 13.3. The molecule has 1 aromatic rings. The van der Waals surface area contributed by atoms with E-state index in [1.807, 2.05) is 0 Å². The second-order valence-corrected chi connectivity index (χ2v) is 11.6. The summed E-state index contributed by atoms with van der Waals surface area (Å²) >= 11 is 0. The van der Waals surface area contributed by atoms with E-state index in [2.05, 4.69) is 26.6 Å². The summed E-state index contributed by atoms with van der Waals surface area (Å²) in [5, 5.41) is 48.8. The highest BCUT2D eigenvalue weighted by molar-refractivity contribution is 5.97. The monoisotopic (exact) mass is 680 g/mol. The van der Waals surface area contributed by atoms with Gasteiger partial charge >= 0.3 is 17.9 Å². The Balaban J connectivity index is 3.12. The van der Waals surface area contributed by atoms with Gasteiger partial charge in [0.2, 0.25) is 29.5 Å². The van der Waals surface area contributed by atoms with Crippen LogP contribution in [0.2, 0.25) is 0 Å². The number of carbonyl (C=O) groups excluding carboxylic acids is 5. The van der Waals surface area contributed by atoms with Crippen LogP contribution in [0.3, 0.4) is 0 Å². The Kier molecular flexibility index (Phi) is 16.7. The highest BCUT2D eigenvalue weighted by Gasteiger charge is 2.33. The summed E-state index contributed by atoms with van der Waals surface area (Å²) in [5.74, 6) is -9.45. The molecule has 0 aliphatic heterocycles. The molecule has 1 aromatic carbocycles. The number of hydrogen-bond donors (Lipinski definition) is 10. The molecular weight excluding hydrogens is 636 g/mol. The largest absolute Gasteiger partial charge is 0.481 e. The van der Waals surface area contributed by atoms with Crippen molar-refractivity contribution in [3.63, 3.8) is 0 Å². The van der Waals surface area contributed by atoms with Crippen LogP contribution >= 0.6 is 0 Å². The van der Waals surface area contributed by atoms with Crippen LogP contribution in [0.25, 0.3) is 0 Å². The maximum Gasteiger partial charge on any atom is 0.328 e. The number of carboxylic acids is 3. The van der Waals surface area contributed by atoms with Crippen molar-refractivity contribution in [1.29, 1.82) is 0 Å². The van der Waals surface area contributed by atoms with Gasteiger partial charge in [-0.1, -0.05) is 44.2 Å². The zero-order valence-electron chi connectivity index (χ0n) is 27.0. The van der Waals surface area contributed by atoms with Gasteiger partial charge in [0.1, 0.15) is 24.2 Å². The molecule has 18 nitrogen and oxygen atoms in total. The standard InChI is InChI=1S/C30H44N6O12/c1-14(2)10-19(35-28(45)21(13-23(40)41)34-26(43)18(31)12-22(38)39)27(44)32-15(3)25(42)33-20(11-17-8-6-5-7-9-17)29(46)36-24(16(4)37)30(47)48/h5-9,14-16,18-21,24,37H,10-13,31H2,1-4H3,(H,32,44)(H,33,42)(H,34,43)(H,35,45)(H,36,46)(H,38,39)(H,40,41)(H,47,48)/t15-,16+,18-,19-,20-,21-,24-/m0/s1. The smallest absolute Gasteiger partial charge is 0.328 e. The van der Waals surface area contributed by atoms with Gasteiger partial charge in [-0.3, -0.25) is 33.6 Å². The number of amides is 5. The molecule has 0 fully saturated rings. The van der Waals surface area contributed by atoms with Crippen LogP contribution in [0, 0.1) is 5.92 Å². The van der Waals surface area contributed by atoms with E-state index < -0.39 is 103 Å². The topological polar surface area (TPSA) is 304 Å². The van der Waals surface area contributed by atoms with E-state index >= 15 is 0 Å². The van der Waals surface area contributed by atoms with Gasteiger partial charge in [-0.25, -0.2) is 4.79 Å². The van der Waals surface area contributed by atoms with Crippen LogP contribution in [0.15, 0.2) is 30.3 Å². The van der Waals surface area contributed by atoms with Gasteiger partial charge in [0.15, 0.2) is 6.04 Å². The number of carboxylic acid groups (broad SMARTS) is 3. The summed E-state index contributed by atoms with van der Waals surface area (Å²) in [4.78, 5) is 98.6. The lowest BCUT2D eigenvalue weighted by molar-refractivity contribution is -0.145. The zero-order valence-corrected chi connectivity index (χ0v) is 27.0. The Morgan fingerprint density at radius 3 is 1.65 bits per heavy atom. The third-order valence-electron chi connectivity index (χ3n) is 6.80. The zero-order chi connectivity index (χ0) is 36.7. The lowest BCUT2D eigenvalue weighted by Gasteiger charge is -2.26. The van der Waals surface area contributed by atoms with Gasteiger partial charge in [0, 0.05) is 6.42 Å². The number of hydrogen-bond acceptors (Lipinski definition) is 10. The van der Waals surface area contributed by atoms with Crippen molar-refractivity contribution < 1.29 is 58.8 Å². The molecule has 0 aliphatic carbocycles. The molecule has 11 N–H and O–H groups in total. The first-order chi connectivity index (χ1) is 22.3. The average Bonchev–Trinajstić information content (AvgIpc) is 2.97. The summed E-state index contributed by atoms with van der Waals surface area (Å²) in [6.07, 6.45) is -3.25. The number of aliphatic hydroxyl groups is 1. The minimum atomic E-state index is -1.73. The molecule has 0 aromatic heterocycles. The molecule has 7 atom stereocenters. The molecule has 0 heterocycles. The quantitative estimate of drug-likeness (QED) is 0.0680. The van der Waals surface area contributed by atoms with Crippen molar-refractivity contribution in [2.24, 2.45) is 11.7 Å². The summed E-state index contributed by atoms with van der Waals surface area (Å²) in [6, 6.07) is -0.546. The number of rotatable bonds is 20. The second-order valence-electron chi connectivity index (χ2n) is 11.6. The molecule has 0 bridgehead atoms. The van der Waals surface area contributed by atoms with Crippen molar-refractivity contribution >= 4 is 47.4 Å². The molecule has 5 amide bonds. The summed E-state index contributed by atoms with van der Waals surface area (Å²) < 4.78 is 0. The van der Waals surface area contributed by atoms with E-state index in [4.69, 9.17) is 10.8 Å². The van der Waals surface area contributed by atoms with Gasteiger partial charge in [0.25, 0.3) is 0 Å². The Hall–Kier alpha value is -5.10. The third kappa shape index (κ3) is 14.5. The minimum absolute atomic E-state index is 0.00708. The first kappa shape index (κ1) is 40.9. The Bertz CT molecular complexity index is 1320. The average molecular weight is 681 g/mol. The summed E-state index contributed by atoms with van der Waals surface area (Å²) in [7, 11) is 0. The minimum Gasteiger partial charge on any atom is -0.481 e. The molecular formula is C30H44N6O12. The van der Waals surface area contributed by atoms with E-state index in [9.17, 15) is 53.7 Å². The van der Waals surface area contributed by atoms with Gasteiger partial charge in [-0.2, -0.15) is 0 Å². The van der Waals surface area contributed by atoms with Crippen molar-refractivity contribution in [1.82, 2.24) is 26.6 Å². The lowest BCUT2D eigenvalue weighted by Crippen LogP contribution is -2.59. The number of benzene rings is 1. The van der Waals surface area contributed by atoms with Gasteiger partial charge in [-0.15, -0.1) is 0 Å². The van der Waals surface area contributed by atoms with Crippen LogP contribution in [-0.4, -0.2) is 110 Å². The Morgan fingerprint density at radius 1 is 0.646 bits per heavy atom. The normalized spacial score (nSPS) is 15.3. The molecule has 48 heavy (non-hydrogen) atoms. The Labute approximate surface area is 276 Å². The van der Waals surface area contributed by atoms with E-state index in [1.54, 1.807) is 44.2 Å². The number of nitrogens with one attached hydrogen (secondary N) is 5. The number of aliphatic hydroxyl groups excluding tert-OH is 1. The van der Waals surface area contributed by atoms with Crippen LogP contribution in [-0.2, 0) is 44.8 Å². The van der Waals surface area contributed by atoms with E-state index in [0.717, 1.165) is 0 Å². The fourth-order valence-electron chi connectivity index (χ4n) is 4.30. The number of nitrogens with two attached hydrogens (primary N) is 1.